The number of para-hydroxylation sites is 2. The second kappa shape index (κ2) is 9.63. The molecule has 2 N–H and O–H groups in total. The number of methoxy groups -OCH3 is 1. The van der Waals surface area contributed by atoms with Crippen LogP contribution >= 0.6 is 0 Å². The first-order valence-electron chi connectivity index (χ1n) is 10.1. The molecule has 6 nitrogen and oxygen atoms in total. The van der Waals surface area contributed by atoms with Crippen molar-refractivity contribution >= 4 is 11.7 Å². The fourth-order valence-electron chi connectivity index (χ4n) is 3.37. The Morgan fingerprint density at radius 1 is 0.935 bits per heavy atom. The summed E-state index contributed by atoms with van der Waals surface area (Å²) in [4.78, 5) is 12.5. The number of carbonyl (C=O) groups excluding carboxylic acids is 1. The summed E-state index contributed by atoms with van der Waals surface area (Å²) in [5.41, 5.74) is 4.59. The maximum absolute atomic E-state index is 12.5. The van der Waals surface area contributed by atoms with Crippen molar-refractivity contribution < 1.29 is 9.53 Å². The molecule has 0 radical (unpaired) electrons. The van der Waals surface area contributed by atoms with Gasteiger partial charge in [-0.25, -0.2) is 4.79 Å². The number of hydrogen-bond acceptors (Lipinski definition) is 3. The first kappa shape index (κ1) is 20.2. The summed E-state index contributed by atoms with van der Waals surface area (Å²) in [6, 6.07) is 27.2. The molecule has 0 saturated heterocycles. The van der Waals surface area contributed by atoms with Gasteiger partial charge >= 0.3 is 6.03 Å². The van der Waals surface area contributed by atoms with Gasteiger partial charge in [-0.3, -0.25) is 4.68 Å². The van der Waals surface area contributed by atoms with Crippen LogP contribution in [0, 0.1) is 0 Å². The van der Waals surface area contributed by atoms with Gasteiger partial charge in [-0.15, -0.1) is 0 Å². The summed E-state index contributed by atoms with van der Waals surface area (Å²) in [7, 11) is 1.58. The Bertz CT molecular complexity index is 1140. The maximum atomic E-state index is 12.5. The molecule has 1 aromatic heterocycles. The van der Waals surface area contributed by atoms with Gasteiger partial charge < -0.3 is 15.4 Å². The number of amides is 2. The van der Waals surface area contributed by atoms with Crippen LogP contribution < -0.4 is 15.4 Å². The average Bonchev–Trinajstić information content (AvgIpc) is 3.22. The number of ether oxygens (including phenoxy) is 1. The van der Waals surface area contributed by atoms with Crippen molar-refractivity contribution in [2.24, 2.45) is 0 Å². The Kier molecular flexibility index (Phi) is 6.28. The highest BCUT2D eigenvalue weighted by Crippen LogP contribution is 2.24. The molecule has 4 rings (SSSR count). The van der Waals surface area contributed by atoms with Crippen molar-refractivity contribution in [2.45, 2.75) is 13.1 Å². The lowest BCUT2D eigenvalue weighted by Gasteiger charge is -2.11. The van der Waals surface area contributed by atoms with Crippen LogP contribution in [0.2, 0.25) is 0 Å². The van der Waals surface area contributed by atoms with E-state index in [4.69, 9.17) is 9.84 Å². The molecule has 3 aromatic carbocycles. The van der Waals surface area contributed by atoms with Gasteiger partial charge in [-0.2, -0.15) is 5.10 Å². The second-order valence-electron chi connectivity index (χ2n) is 7.06. The van der Waals surface area contributed by atoms with E-state index in [0.29, 0.717) is 24.5 Å². The summed E-state index contributed by atoms with van der Waals surface area (Å²) < 4.78 is 7.20. The molecule has 0 bridgehead atoms. The molecule has 0 aliphatic heterocycles. The Morgan fingerprint density at radius 3 is 2.35 bits per heavy atom. The molecule has 0 unspecified atom stereocenters. The van der Waals surface area contributed by atoms with Crippen molar-refractivity contribution in [1.29, 1.82) is 0 Å². The van der Waals surface area contributed by atoms with E-state index >= 15 is 0 Å². The smallest absolute Gasteiger partial charge is 0.319 e. The van der Waals surface area contributed by atoms with E-state index in [2.05, 4.69) is 22.8 Å². The number of aromatic nitrogens is 2. The van der Waals surface area contributed by atoms with Crippen LogP contribution in [0.4, 0.5) is 10.5 Å². The van der Waals surface area contributed by atoms with E-state index in [0.717, 1.165) is 22.4 Å². The SMILES string of the molecule is COc1ccccc1NC(=O)NCc1cn(Cc2ccccc2)nc1-c1ccccc1. The zero-order valence-electron chi connectivity index (χ0n) is 17.3. The van der Waals surface area contributed by atoms with E-state index in [-0.39, 0.29) is 6.03 Å². The third-order valence-corrected chi connectivity index (χ3v) is 4.87. The molecule has 4 aromatic rings. The monoisotopic (exact) mass is 412 g/mol. The number of nitrogens with one attached hydrogen (secondary N) is 2. The molecule has 1 heterocycles. The third kappa shape index (κ3) is 5.11. The highest BCUT2D eigenvalue weighted by Gasteiger charge is 2.13. The first-order valence-corrected chi connectivity index (χ1v) is 10.1. The van der Waals surface area contributed by atoms with Crippen LogP contribution in [0.5, 0.6) is 5.75 Å². The van der Waals surface area contributed by atoms with Gasteiger partial charge in [-0.1, -0.05) is 72.8 Å². The van der Waals surface area contributed by atoms with Crippen LogP contribution in [0.15, 0.2) is 91.1 Å². The maximum Gasteiger partial charge on any atom is 0.319 e. The molecular formula is C25H24N4O2. The van der Waals surface area contributed by atoms with E-state index < -0.39 is 0 Å². The molecule has 0 saturated carbocycles. The van der Waals surface area contributed by atoms with Crippen LogP contribution in [-0.2, 0) is 13.1 Å². The van der Waals surface area contributed by atoms with E-state index in [1.54, 1.807) is 19.2 Å². The summed E-state index contributed by atoms with van der Waals surface area (Å²) in [6.07, 6.45) is 1.98. The number of carbonyl (C=O) groups is 1. The van der Waals surface area contributed by atoms with Crippen LogP contribution in [0.1, 0.15) is 11.1 Å². The van der Waals surface area contributed by atoms with Crippen LogP contribution in [-0.4, -0.2) is 22.9 Å². The van der Waals surface area contributed by atoms with Gasteiger partial charge in [0.15, 0.2) is 0 Å². The molecule has 0 atom stereocenters. The second-order valence-corrected chi connectivity index (χ2v) is 7.06. The minimum absolute atomic E-state index is 0.306. The summed E-state index contributed by atoms with van der Waals surface area (Å²) in [5.74, 6) is 0.610. The molecule has 31 heavy (non-hydrogen) atoms. The highest BCUT2D eigenvalue weighted by molar-refractivity contribution is 5.90. The molecule has 0 fully saturated rings. The van der Waals surface area contributed by atoms with Gasteiger partial charge in [0.2, 0.25) is 0 Å². The zero-order chi connectivity index (χ0) is 21.5. The average molecular weight is 412 g/mol. The predicted octanol–water partition coefficient (Wildman–Crippen LogP) is 4.93. The number of anilines is 1. The largest absolute Gasteiger partial charge is 0.495 e. The van der Waals surface area contributed by atoms with Crippen LogP contribution in [0.25, 0.3) is 11.3 Å². The van der Waals surface area contributed by atoms with Crippen LogP contribution in [0.3, 0.4) is 0 Å². The quantitative estimate of drug-likeness (QED) is 0.452. The van der Waals surface area contributed by atoms with E-state index in [1.807, 2.05) is 71.5 Å². The molecule has 0 spiro atoms. The van der Waals surface area contributed by atoms with E-state index in [1.165, 1.54) is 0 Å². The Labute approximate surface area is 181 Å². The predicted molar refractivity (Wildman–Crippen MR) is 122 cm³/mol. The molecule has 2 amide bonds. The standard InChI is InChI=1S/C25H24N4O2/c1-31-23-15-9-8-14-22(23)27-25(30)26-16-21-18-29(17-19-10-4-2-5-11-19)28-24(21)20-12-6-3-7-13-20/h2-15,18H,16-17H2,1H3,(H2,26,27,30). The van der Waals surface area contributed by atoms with Gasteiger partial charge in [0, 0.05) is 23.9 Å². The Morgan fingerprint density at radius 2 is 1.61 bits per heavy atom. The number of benzene rings is 3. The number of hydrogen-bond donors (Lipinski definition) is 2. The Hall–Kier alpha value is -4.06. The molecular weight excluding hydrogens is 388 g/mol. The molecule has 6 heteroatoms. The minimum atomic E-state index is -0.306. The fraction of sp³-hybridized carbons (Fsp3) is 0.120. The minimum Gasteiger partial charge on any atom is -0.495 e. The van der Waals surface area contributed by atoms with Gasteiger partial charge in [0.05, 0.1) is 25.0 Å². The van der Waals surface area contributed by atoms with Crippen molar-refractivity contribution in [3.8, 4) is 17.0 Å². The first-order chi connectivity index (χ1) is 15.2. The lowest BCUT2D eigenvalue weighted by Crippen LogP contribution is -2.28. The third-order valence-electron chi connectivity index (χ3n) is 4.87. The zero-order valence-corrected chi connectivity index (χ0v) is 17.3. The topological polar surface area (TPSA) is 68.2 Å². The van der Waals surface area contributed by atoms with Crippen molar-refractivity contribution in [3.05, 3.63) is 102 Å². The van der Waals surface area contributed by atoms with Gasteiger partial charge in [0.25, 0.3) is 0 Å². The Balaban J connectivity index is 1.51. The lowest BCUT2D eigenvalue weighted by molar-refractivity contribution is 0.251. The number of nitrogens with zero attached hydrogens (tertiary/aromatic N) is 2. The normalized spacial score (nSPS) is 10.5. The van der Waals surface area contributed by atoms with E-state index in [9.17, 15) is 4.79 Å². The fourth-order valence-corrected chi connectivity index (χ4v) is 3.37. The number of rotatable bonds is 7. The molecule has 0 aliphatic rings. The molecule has 0 aliphatic carbocycles. The van der Waals surface area contributed by atoms with Crippen molar-refractivity contribution in [1.82, 2.24) is 15.1 Å². The summed E-state index contributed by atoms with van der Waals surface area (Å²) in [5, 5.41) is 10.6. The highest BCUT2D eigenvalue weighted by atomic mass is 16.5. The summed E-state index contributed by atoms with van der Waals surface area (Å²) >= 11 is 0. The van der Waals surface area contributed by atoms with Crippen molar-refractivity contribution in [2.75, 3.05) is 12.4 Å². The van der Waals surface area contributed by atoms with Gasteiger partial charge in [-0.05, 0) is 17.7 Å². The van der Waals surface area contributed by atoms with Crippen molar-refractivity contribution in [3.63, 3.8) is 0 Å². The lowest BCUT2D eigenvalue weighted by atomic mass is 10.1. The van der Waals surface area contributed by atoms with Gasteiger partial charge in [0.1, 0.15) is 5.75 Å². The number of urea groups is 1. The summed E-state index contributed by atoms with van der Waals surface area (Å²) in [6.45, 7) is 1.01. The molecule has 156 valence electrons.